The van der Waals surface area contributed by atoms with Gasteiger partial charge in [-0.2, -0.15) is 0 Å². The third-order valence-electron chi connectivity index (χ3n) is 4.31. The topological polar surface area (TPSA) is 67.5 Å². The summed E-state index contributed by atoms with van der Waals surface area (Å²) in [7, 11) is 0. The highest BCUT2D eigenvalue weighted by Gasteiger charge is 2.14. The molecule has 0 aliphatic carbocycles. The van der Waals surface area contributed by atoms with Crippen LogP contribution in [0, 0.1) is 6.92 Å². The van der Waals surface area contributed by atoms with Crippen LogP contribution in [0.4, 0.5) is 11.5 Å². The first-order chi connectivity index (χ1) is 14.1. The molecule has 0 fully saturated rings. The molecule has 1 N–H and O–H groups in total. The van der Waals surface area contributed by atoms with Crippen molar-refractivity contribution in [3.8, 4) is 0 Å². The first-order valence-electron chi connectivity index (χ1n) is 9.09. The van der Waals surface area contributed by atoms with Crippen molar-refractivity contribution in [2.24, 2.45) is 4.99 Å². The fourth-order valence-electron chi connectivity index (χ4n) is 2.91. The van der Waals surface area contributed by atoms with E-state index in [-0.39, 0.29) is 11.5 Å². The second kappa shape index (κ2) is 8.32. The minimum atomic E-state index is -0.322. The molecule has 2 heterocycles. The summed E-state index contributed by atoms with van der Waals surface area (Å²) in [6.45, 7) is 1.88. The number of hydrogen-bond acceptors (Lipinski definition) is 5. The molecule has 0 aliphatic heterocycles. The molecule has 2 aromatic carbocycles. The average molecular weight is 401 g/mol. The molecule has 0 unspecified atom stereocenters. The van der Waals surface area contributed by atoms with E-state index in [1.54, 1.807) is 23.9 Å². The summed E-state index contributed by atoms with van der Waals surface area (Å²) in [6.07, 6.45) is 2.01. The maximum absolute atomic E-state index is 13.0. The Morgan fingerprint density at radius 3 is 2.69 bits per heavy atom. The lowest BCUT2D eigenvalue weighted by atomic mass is 10.1. The van der Waals surface area contributed by atoms with Gasteiger partial charge in [0, 0.05) is 16.0 Å². The minimum absolute atomic E-state index is 0.257. The Morgan fingerprint density at radius 2 is 1.86 bits per heavy atom. The number of hydrogen-bond donors (Lipinski definition) is 1. The maximum atomic E-state index is 13.0. The molecule has 1 amide bonds. The predicted octanol–water partition coefficient (Wildman–Crippen LogP) is 5.34. The van der Waals surface area contributed by atoms with Gasteiger partial charge in [-0.15, -0.1) is 11.8 Å². The SMILES string of the molecule is CSc1cccc(N=c2oc3ccccc3cc2C(=O)Nc2cccc(C)n2)c1. The normalized spacial score (nSPS) is 11.6. The highest BCUT2D eigenvalue weighted by molar-refractivity contribution is 7.98. The van der Waals surface area contributed by atoms with Gasteiger partial charge in [0.1, 0.15) is 17.0 Å². The molecule has 29 heavy (non-hydrogen) atoms. The zero-order chi connectivity index (χ0) is 20.2. The molecule has 6 heteroatoms. The van der Waals surface area contributed by atoms with Crippen LogP contribution in [0.2, 0.25) is 0 Å². The summed E-state index contributed by atoms with van der Waals surface area (Å²) in [5, 5.41) is 3.66. The average Bonchev–Trinajstić information content (AvgIpc) is 2.73. The fourth-order valence-corrected chi connectivity index (χ4v) is 3.36. The summed E-state index contributed by atoms with van der Waals surface area (Å²) in [5.74, 6) is 0.163. The van der Waals surface area contributed by atoms with Gasteiger partial charge in [-0.25, -0.2) is 9.98 Å². The molecule has 4 aromatic rings. The van der Waals surface area contributed by atoms with Gasteiger partial charge in [0.25, 0.3) is 5.91 Å². The van der Waals surface area contributed by atoms with Crippen molar-refractivity contribution in [2.75, 3.05) is 11.6 Å². The van der Waals surface area contributed by atoms with Gasteiger partial charge in [0.2, 0.25) is 5.55 Å². The molecule has 0 saturated carbocycles. The second-order valence-electron chi connectivity index (χ2n) is 6.43. The predicted molar refractivity (Wildman–Crippen MR) is 117 cm³/mol. The third-order valence-corrected chi connectivity index (χ3v) is 5.04. The number of aromatic nitrogens is 1. The largest absolute Gasteiger partial charge is 0.438 e. The quantitative estimate of drug-likeness (QED) is 0.469. The third kappa shape index (κ3) is 4.38. The highest BCUT2D eigenvalue weighted by Crippen LogP contribution is 2.21. The molecule has 0 aliphatic rings. The Labute approximate surface area is 172 Å². The van der Waals surface area contributed by atoms with Crippen LogP contribution in [-0.2, 0) is 0 Å². The molecular formula is C23H19N3O2S. The van der Waals surface area contributed by atoms with Crippen molar-refractivity contribution < 1.29 is 9.21 Å². The van der Waals surface area contributed by atoms with Crippen LogP contribution in [0.1, 0.15) is 16.1 Å². The standard InChI is InChI=1S/C23H19N3O2S/c1-15-7-5-12-21(24-15)26-22(27)19-13-16-8-3-4-11-20(16)28-23(19)25-17-9-6-10-18(14-17)29-2/h3-14H,1-2H3,(H,24,26,27). The van der Waals surface area contributed by atoms with Gasteiger partial charge in [-0.3, -0.25) is 4.79 Å². The number of nitrogens with zero attached hydrogens (tertiary/aromatic N) is 2. The molecule has 5 nitrogen and oxygen atoms in total. The Bertz CT molecular complexity index is 1260. The Kier molecular flexibility index (Phi) is 5.44. The van der Waals surface area contributed by atoms with Crippen molar-refractivity contribution in [3.63, 3.8) is 0 Å². The fraction of sp³-hybridized carbons (Fsp3) is 0.0870. The molecule has 0 bridgehead atoms. The lowest BCUT2D eigenvalue weighted by molar-refractivity contribution is 0.102. The summed E-state index contributed by atoms with van der Waals surface area (Å²) in [4.78, 5) is 23.1. The van der Waals surface area contributed by atoms with Crippen molar-refractivity contribution in [1.29, 1.82) is 0 Å². The number of pyridine rings is 1. The molecule has 0 atom stereocenters. The number of amides is 1. The van der Waals surface area contributed by atoms with Gasteiger partial charge in [-0.05, 0) is 55.6 Å². The number of fused-ring (bicyclic) bond motifs is 1. The van der Waals surface area contributed by atoms with Crippen LogP contribution in [0.15, 0.2) is 87.1 Å². The van der Waals surface area contributed by atoms with E-state index in [2.05, 4.69) is 15.3 Å². The molecule has 0 radical (unpaired) electrons. The van der Waals surface area contributed by atoms with Gasteiger partial charge >= 0.3 is 0 Å². The molecule has 2 aromatic heterocycles. The molecule has 144 valence electrons. The van der Waals surface area contributed by atoms with E-state index < -0.39 is 0 Å². The van der Waals surface area contributed by atoms with E-state index in [1.165, 1.54) is 0 Å². The van der Waals surface area contributed by atoms with Crippen LogP contribution in [0.5, 0.6) is 0 Å². The monoisotopic (exact) mass is 401 g/mol. The number of carbonyl (C=O) groups is 1. The first kappa shape index (κ1) is 19.0. The number of carbonyl (C=O) groups excluding carboxylic acids is 1. The lowest BCUT2D eigenvalue weighted by Gasteiger charge is -2.07. The van der Waals surface area contributed by atoms with E-state index >= 15 is 0 Å². The van der Waals surface area contributed by atoms with Gasteiger partial charge in [0.05, 0.1) is 5.69 Å². The van der Waals surface area contributed by atoms with Crippen LogP contribution in [-0.4, -0.2) is 17.1 Å². The molecule has 0 saturated heterocycles. The Morgan fingerprint density at radius 1 is 1.03 bits per heavy atom. The van der Waals surface area contributed by atoms with Crippen molar-refractivity contribution >= 4 is 40.1 Å². The summed E-state index contributed by atoms with van der Waals surface area (Å²) in [6, 6.07) is 22.6. The van der Waals surface area contributed by atoms with Gasteiger partial charge < -0.3 is 9.73 Å². The zero-order valence-corrected chi connectivity index (χ0v) is 16.9. The minimum Gasteiger partial charge on any atom is -0.438 e. The van der Waals surface area contributed by atoms with Crippen LogP contribution >= 0.6 is 11.8 Å². The van der Waals surface area contributed by atoms with Gasteiger partial charge in [-0.1, -0.05) is 30.3 Å². The van der Waals surface area contributed by atoms with E-state index in [9.17, 15) is 4.79 Å². The second-order valence-corrected chi connectivity index (χ2v) is 7.31. The van der Waals surface area contributed by atoms with Crippen molar-refractivity contribution in [2.45, 2.75) is 11.8 Å². The first-order valence-corrected chi connectivity index (χ1v) is 10.3. The number of thioether (sulfide) groups is 1. The molecular weight excluding hydrogens is 382 g/mol. The lowest BCUT2D eigenvalue weighted by Crippen LogP contribution is -2.22. The van der Waals surface area contributed by atoms with E-state index in [0.717, 1.165) is 21.7 Å². The molecule has 0 spiro atoms. The number of nitrogens with one attached hydrogen (secondary N) is 1. The number of rotatable bonds is 4. The smallest absolute Gasteiger partial charge is 0.262 e. The van der Waals surface area contributed by atoms with Crippen LogP contribution < -0.4 is 10.9 Å². The highest BCUT2D eigenvalue weighted by atomic mass is 32.2. The zero-order valence-electron chi connectivity index (χ0n) is 16.0. The van der Waals surface area contributed by atoms with Crippen LogP contribution in [0.25, 0.3) is 11.0 Å². The summed E-state index contributed by atoms with van der Waals surface area (Å²) in [5.41, 5.74) is 2.81. The summed E-state index contributed by atoms with van der Waals surface area (Å²) < 4.78 is 6.00. The van der Waals surface area contributed by atoms with Crippen molar-refractivity contribution in [1.82, 2.24) is 4.98 Å². The number of anilines is 1. The van der Waals surface area contributed by atoms with Gasteiger partial charge in [0.15, 0.2) is 0 Å². The van der Waals surface area contributed by atoms with Crippen molar-refractivity contribution in [3.05, 3.63) is 89.6 Å². The van der Waals surface area contributed by atoms with E-state index in [0.29, 0.717) is 17.0 Å². The molecule has 4 rings (SSSR count). The number of para-hydroxylation sites is 1. The Hall–Kier alpha value is -3.38. The van der Waals surface area contributed by atoms with E-state index in [1.807, 2.05) is 73.8 Å². The van der Waals surface area contributed by atoms with Crippen LogP contribution in [0.3, 0.4) is 0 Å². The Balaban J connectivity index is 1.83. The maximum Gasteiger partial charge on any atom is 0.262 e. The number of aryl methyl sites for hydroxylation is 1. The summed E-state index contributed by atoms with van der Waals surface area (Å²) >= 11 is 1.63. The number of benzene rings is 2. The van der Waals surface area contributed by atoms with E-state index in [4.69, 9.17) is 4.42 Å².